The number of carbonyl (C=O) groups is 1. The summed E-state index contributed by atoms with van der Waals surface area (Å²) in [4.78, 5) is 18.0. The predicted octanol–water partition coefficient (Wildman–Crippen LogP) is -0.413. The van der Waals surface area contributed by atoms with Crippen molar-refractivity contribution in [2.24, 2.45) is 11.7 Å². The summed E-state index contributed by atoms with van der Waals surface area (Å²) in [7, 11) is 1.98. The van der Waals surface area contributed by atoms with Gasteiger partial charge in [-0.1, -0.05) is 6.07 Å². The van der Waals surface area contributed by atoms with Gasteiger partial charge in [0.1, 0.15) is 0 Å². The molecule has 1 amide bonds. The number of nitrogens with two attached hydrogens (primary N) is 1. The zero-order valence-electron chi connectivity index (χ0n) is 9.97. The number of aromatic nitrogens is 1. The van der Waals surface area contributed by atoms with Crippen molar-refractivity contribution in [1.29, 1.82) is 0 Å². The highest BCUT2D eigenvalue weighted by Crippen LogP contribution is 2.13. The van der Waals surface area contributed by atoms with Crippen molar-refractivity contribution in [3.8, 4) is 0 Å². The number of likely N-dealkylation sites (N-methyl/N-ethyl adjacent to an activating group) is 1. The van der Waals surface area contributed by atoms with E-state index in [1.54, 1.807) is 12.4 Å². The smallest absolute Gasteiger partial charge is 0.226 e. The first kappa shape index (κ1) is 12.0. The Morgan fingerprint density at radius 1 is 1.65 bits per heavy atom. The Labute approximate surface area is 101 Å². The molecule has 0 spiro atoms. The van der Waals surface area contributed by atoms with Crippen LogP contribution in [0, 0.1) is 5.92 Å². The molecule has 2 rings (SSSR count). The van der Waals surface area contributed by atoms with Crippen LogP contribution < -0.4 is 11.1 Å². The van der Waals surface area contributed by atoms with Crippen molar-refractivity contribution in [2.45, 2.75) is 12.6 Å². The Morgan fingerprint density at radius 3 is 3.06 bits per heavy atom. The minimum Gasteiger partial charge on any atom is -0.352 e. The van der Waals surface area contributed by atoms with Gasteiger partial charge in [0.05, 0.1) is 5.92 Å². The Kier molecular flexibility index (Phi) is 3.71. The maximum Gasteiger partial charge on any atom is 0.226 e. The first-order valence-corrected chi connectivity index (χ1v) is 5.77. The van der Waals surface area contributed by atoms with E-state index in [-0.39, 0.29) is 17.9 Å². The molecule has 1 aliphatic heterocycles. The molecule has 92 valence electrons. The zero-order valence-corrected chi connectivity index (χ0v) is 9.97. The molecule has 1 aliphatic rings. The molecule has 0 saturated carbocycles. The van der Waals surface area contributed by atoms with Gasteiger partial charge < -0.3 is 16.0 Å². The number of hydrogen-bond donors (Lipinski definition) is 2. The largest absolute Gasteiger partial charge is 0.352 e. The zero-order chi connectivity index (χ0) is 12.3. The molecule has 3 N–H and O–H groups in total. The third-order valence-electron chi connectivity index (χ3n) is 3.07. The molecule has 0 unspecified atom stereocenters. The van der Waals surface area contributed by atoms with Gasteiger partial charge in [0.15, 0.2) is 0 Å². The van der Waals surface area contributed by atoms with E-state index in [1.165, 1.54) is 0 Å². The summed E-state index contributed by atoms with van der Waals surface area (Å²) in [6, 6.07) is 3.73. The Bertz CT molecular complexity index is 381. The van der Waals surface area contributed by atoms with E-state index in [2.05, 4.69) is 15.2 Å². The number of hydrogen-bond acceptors (Lipinski definition) is 4. The fourth-order valence-corrected chi connectivity index (χ4v) is 2.13. The van der Waals surface area contributed by atoms with Gasteiger partial charge in [-0.25, -0.2) is 0 Å². The summed E-state index contributed by atoms with van der Waals surface area (Å²) >= 11 is 0. The molecule has 5 heteroatoms. The fraction of sp³-hybridized carbons (Fsp3) is 0.500. The maximum atomic E-state index is 11.9. The first-order chi connectivity index (χ1) is 8.16. The van der Waals surface area contributed by atoms with Crippen molar-refractivity contribution in [2.75, 3.05) is 20.1 Å². The van der Waals surface area contributed by atoms with Crippen LogP contribution in [-0.2, 0) is 11.3 Å². The van der Waals surface area contributed by atoms with Gasteiger partial charge in [0.25, 0.3) is 0 Å². The second-order valence-electron chi connectivity index (χ2n) is 4.57. The Morgan fingerprint density at radius 2 is 2.47 bits per heavy atom. The van der Waals surface area contributed by atoms with Gasteiger partial charge >= 0.3 is 0 Å². The third kappa shape index (κ3) is 3.01. The lowest BCUT2D eigenvalue weighted by Crippen LogP contribution is -2.40. The first-order valence-electron chi connectivity index (χ1n) is 5.77. The lowest BCUT2D eigenvalue weighted by molar-refractivity contribution is -0.125. The van der Waals surface area contributed by atoms with E-state index in [9.17, 15) is 4.79 Å². The van der Waals surface area contributed by atoms with E-state index in [1.807, 2.05) is 19.2 Å². The molecule has 2 heterocycles. The van der Waals surface area contributed by atoms with Crippen molar-refractivity contribution >= 4 is 5.91 Å². The van der Waals surface area contributed by atoms with Gasteiger partial charge in [0, 0.05) is 38.1 Å². The van der Waals surface area contributed by atoms with Gasteiger partial charge in [-0.2, -0.15) is 0 Å². The molecule has 0 aliphatic carbocycles. The quantitative estimate of drug-likeness (QED) is 0.745. The van der Waals surface area contributed by atoms with Crippen molar-refractivity contribution in [3.05, 3.63) is 30.1 Å². The molecular weight excluding hydrogens is 216 g/mol. The summed E-state index contributed by atoms with van der Waals surface area (Å²) in [5, 5.41) is 2.91. The normalized spacial score (nSPS) is 24.8. The minimum absolute atomic E-state index is 0.0331. The summed E-state index contributed by atoms with van der Waals surface area (Å²) in [6.45, 7) is 2.03. The van der Waals surface area contributed by atoms with Gasteiger partial charge in [0.2, 0.25) is 5.91 Å². The highest BCUT2D eigenvalue weighted by molar-refractivity contribution is 5.80. The molecular formula is C12H18N4O. The van der Waals surface area contributed by atoms with Crippen molar-refractivity contribution < 1.29 is 4.79 Å². The van der Waals surface area contributed by atoms with Crippen LogP contribution in [0.2, 0.25) is 0 Å². The molecule has 17 heavy (non-hydrogen) atoms. The molecule has 1 saturated heterocycles. The van der Waals surface area contributed by atoms with E-state index >= 15 is 0 Å². The number of nitrogens with one attached hydrogen (secondary N) is 1. The molecule has 0 aromatic carbocycles. The Balaban J connectivity index is 1.86. The summed E-state index contributed by atoms with van der Waals surface area (Å²) in [5.41, 5.74) is 6.93. The van der Waals surface area contributed by atoms with Crippen LogP contribution in [0.5, 0.6) is 0 Å². The van der Waals surface area contributed by atoms with Crippen LogP contribution in [0.4, 0.5) is 0 Å². The van der Waals surface area contributed by atoms with Crippen molar-refractivity contribution in [1.82, 2.24) is 15.2 Å². The van der Waals surface area contributed by atoms with Crippen LogP contribution in [0.25, 0.3) is 0 Å². The molecule has 5 nitrogen and oxygen atoms in total. The second kappa shape index (κ2) is 5.25. The van der Waals surface area contributed by atoms with E-state index in [4.69, 9.17) is 5.73 Å². The number of amides is 1. The van der Waals surface area contributed by atoms with Gasteiger partial charge in [-0.15, -0.1) is 0 Å². The number of pyridine rings is 1. The summed E-state index contributed by atoms with van der Waals surface area (Å²) < 4.78 is 0. The number of carbonyl (C=O) groups excluding carboxylic acids is 1. The van der Waals surface area contributed by atoms with E-state index < -0.39 is 0 Å². The SMILES string of the molecule is CN1C[C@H](N)[C@H](C(=O)NCc2cccnc2)C1. The van der Waals surface area contributed by atoms with Crippen LogP contribution in [-0.4, -0.2) is 42.0 Å². The highest BCUT2D eigenvalue weighted by Gasteiger charge is 2.33. The van der Waals surface area contributed by atoms with Crippen molar-refractivity contribution in [3.63, 3.8) is 0 Å². The third-order valence-corrected chi connectivity index (χ3v) is 3.07. The van der Waals surface area contributed by atoms with E-state index in [0.717, 1.165) is 18.7 Å². The fourth-order valence-electron chi connectivity index (χ4n) is 2.13. The average Bonchev–Trinajstić information content (AvgIpc) is 2.67. The van der Waals surface area contributed by atoms with Crippen LogP contribution >= 0.6 is 0 Å². The number of nitrogens with zero attached hydrogens (tertiary/aromatic N) is 2. The Hall–Kier alpha value is -1.46. The molecule has 1 fully saturated rings. The maximum absolute atomic E-state index is 11.9. The topological polar surface area (TPSA) is 71.2 Å². The molecule has 1 aromatic rings. The molecule has 0 radical (unpaired) electrons. The number of rotatable bonds is 3. The minimum atomic E-state index is -0.100. The second-order valence-corrected chi connectivity index (χ2v) is 4.57. The van der Waals surface area contributed by atoms with Gasteiger partial charge in [-0.05, 0) is 18.7 Å². The molecule has 2 atom stereocenters. The monoisotopic (exact) mass is 234 g/mol. The van der Waals surface area contributed by atoms with E-state index in [0.29, 0.717) is 6.54 Å². The lowest BCUT2D eigenvalue weighted by Gasteiger charge is -2.14. The van der Waals surface area contributed by atoms with Gasteiger partial charge in [-0.3, -0.25) is 9.78 Å². The standard InChI is InChI=1S/C12H18N4O/c1-16-7-10(11(13)8-16)12(17)15-6-9-3-2-4-14-5-9/h2-5,10-11H,6-8,13H2,1H3,(H,15,17)/t10-,11+/m1/s1. The van der Waals surface area contributed by atoms with Crippen LogP contribution in [0.3, 0.4) is 0 Å². The molecule has 1 aromatic heterocycles. The average molecular weight is 234 g/mol. The summed E-state index contributed by atoms with van der Waals surface area (Å²) in [6.07, 6.45) is 3.47. The van der Waals surface area contributed by atoms with Crippen LogP contribution in [0.1, 0.15) is 5.56 Å². The van der Waals surface area contributed by atoms with Crippen LogP contribution in [0.15, 0.2) is 24.5 Å². The predicted molar refractivity (Wildman–Crippen MR) is 65.0 cm³/mol. The number of likely N-dealkylation sites (tertiary alicyclic amines) is 1. The molecule has 0 bridgehead atoms. The highest BCUT2D eigenvalue weighted by atomic mass is 16.2. The summed E-state index contributed by atoms with van der Waals surface area (Å²) in [5.74, 6) is -0.0672. The lowest BCUT2D eigenvalue weighted by atomic mass is 10.0.